The number of unbranched alkanes of at least 4 members (excludes halogenated alkanes) is 4. The molecule has 1 saturated carbocycles. The highest BCUT2D eigenvalue weighted by Crippen LogP contribution is 2.34. The van der Waals surface area contributed by atoms with Crippen molar-refractivity contribution in [3.05, 3.63) is 83.9 Å². The summed E-state index contributed by atoms with van der Waals surface area (Å²) in [6, 6.07) is 27.7. The fourth-order valence-electron chi connectivity index (χ4n) is 6.10. The zero-order valence-corrected chi connectivity index (χ0v) is 23.0. The Kier molecular flexibility index (Phi) is 10.7. The molecule has 0 spiro atoms. The Balaban J connectivity index is 1.25. The van der Waals surface area contributed by atoms with E-state index >= 15 is 0 Å². The highest BCUT2D eigenvalue weighted by Gasteiger charge is 2.20. The zero-order valence-electron chi connectivity index (χ0n) is 23.0. The molecule has 0 aromatic heterocycles. The average molecular weight is 481 g/mol. The molecule has 3 aromatic carbocycles. The molecule has 0 unspecified atom stereocenters. The molecule has 0 bridgehead atoms. The molecule has 0 heteroatoms. The minimum Gasteiger partial charge on any atom is -0.0654 e. The number of hydrogen-bond donors (Lipinski definition) is 0. The standard InChI is InChI=1S/C36H48/c1-3-5-6-7-8-10-30-17-21-33(22-18-30)35-25-27-36(28-26-35)34-23-19-32(20-24-34)16-15-31-13-11-29(9-4-2)12-14-31/h17-29,31H,3-16H2,1-2H3. The van der Waals surface area contributed by atoms with Crippen molar-refractivity contribution < 1.29 is 0 Å². The van der Waals surface area contributed by atoms with Crippen molar-refractivity contribution >= 4 is 0 Å². The van der Waals surface area contributed by atoms with Crippen LogP contribution in [0, 0.1) is 11.8 Å². The van der Waals surface area contributed by atoms with Gasteiger partial charge in [-0.2, -0.15) is 0 Å². The van der Waals surface area contributed by atoms with Gasteiger partial charge in [-0.25, -0.2) is 0 Å². The molecule has 0 radical (unpaired) electrons. The van der Waals surface area contributed by atoms with Crippen LogP contribution in [0.2, 0.25) is 0 Å². The second-order valence-corrected chi connectivity index (χ2v) is 11.3. The van der Waals surface area contributed by atoms with Gasteiger partial charge in [-0.1, -0.05) is 151 Å². The lowest BCUT2D eigenvalue weighted by Crippen LogP contribution is -2.15. The van der Waals surface area contributed by atoms with Crippen LogP contribution in [0.25, 0.3) is 22.3 Å². The summed E-state index contributed by atoms with van der Waals surface area (Å²) in [5, 5.41) is 0. The highest BCUT2D eigenvalue weighted by molar-refractivity contribution is 5.70. The zero-order chi connectivity index (χ0) is 25.0. The molecule has 0 amide bonds. The van der Waals surface area contributed by atoms with E-state index in [0.29, 0.717) is 0 Å². The smallest absolute Gasteiger partial charge is 0.0184 e. The third-order valence-corrected chi connectivity index (χ3v) is 8.53. The van der Waals surface area contributed by atoms with Gasteiger partial charge in [0.15, 0.2) is 0 Å². The summed E-state index contributed by atoms with van der Waals surface area (Å²) < 4.78 is 0. The third kappa shape index (κ3) is 8.09. The van der Waals surface area contributed by atoms with Crippen LogP contribution in [0.1, 0.15) is 102 Å². The van der Waals surface area contributed by atoms with Crippen LogP contribution in [-0.2, 0) is 12.8 Å². The second kappa shape index (κ2) is 14.4. The molecule has 3 aromatic rings. The summed E-state index contributed by atoms with van der Waals surface area (Å²) in [5.74, 6) is 1.96. The fraction of sp³-hybridized carbons (Fsp3) is 0.500. The highest BCUT2D eigenvalue weighted by atomic mass is 14.3. The Bertz CT molecular complexity index is 985. The molecule has 4 rings (SSSR count). The van der Waals surface area contributed by atoms with Gasteiger partial charge in [0.05, 0.1) is 0 Å². The van der Waals surface area contributed by atoms with Gasteiger partial charge in [0.1, 0.15) is 0 Å². The van der Waals surface area contributed by atoms with Crippen molar-refractivity contribution in [3.63, 3.8) is 0 Å². The van der Waals surface area contributed by atoms with Crippen LogP contribution >= 0.6 is 0 Å². The van der Waals surface area contributed by atoms with E-state index in [2.05, 4.69) is 86.6 Å². The second-order valence-electron chi connectivity index (χ2n) is 11.3. The molecule has 1 aliphatic rings. The maximum Gasteiger partial charge on any atom is -0.0184 e. The molecule has 0 heterocycles. The Hall–Kier alpha value is -2.34. The van der Waals surface area contributed by atoms with Gasteiger partial charge in [0.2, 0.25) is 0 Å². The van der Waals surface area contributed by atoms with E-state index in [1.807, 2.05) is 0 Å². The normalized spacial score (nSPS) is 17.8. The molecular formula is C36H48. The predicted octanol–water partition coefficient (Wildman–Crippen LogP) is 11.1. The molecule has 36 heavy (non-hydrogen) atoms. The molecule has 192 valence electrons. The largest absolute Gasteiger partial charge is 0.0654 e. The van der Waals surface area contributed by atoms with Crippen molar-refractivity contribution in [1.82, 2.24) is 0 Å². The van der Waals surface area contributed by atoms with Crippen LogP contribution in [0.4, 0.5) is 0 Å². The molecule has 0 N–H and O–H groups in total. The van der Waals surface area contributed by atoms with Gasteiger partial charge in [0, 0.05) is 0 Å². The first-order valence-corrected chi connectivity index (χ1v) is 15.0. The Morgan fingerprint density at radius 2 is 0.861 bits per heavy atom. The van der Waals surface area contributed by atoms with Gasteiger partial charge in [0.25, 0.3) is 0 Å². The minimum absolute atomic E-state index is 0.949. The maximum absolute atomic E-state index is 2.35. The summed E-state index contributed by atoms with van der Waals surface area (Å²) >= 11 is 0. The van der Waals surface area contributed by atoms with Crippen molar-refractivity contribution in [2.45, 2.75) is 104 Å². The molecule has 0 saturated heterocycles. The van der Waals surface area contributed by atoms with Crippen molar-refractivity contribution in [1.29, 1.82) is 0 Å². The van der Waals surface area contributed by atoms with E-state index in [1.54, 1.807) is 0 Å². The lowest BCUT2D eigenvalue weighted by atomic mass is 9.78. The van der Waals surface area contributed by atoms with Gasteiger partial charge >= 0.3 is 0 Å². The Morgan fingerprint density at radius 3 is 1.33 bits per heavy atom. The van der Waals surface area contributed by atoms with Crippen LogP contribution in [-0.4, -0.2) is 0 Å². The topological polar surface area (TPSA) is 0 Å². The predicted molar refractivity (Wildman–Crippen MR) is 158 cm³/mol. The van der Waals surface area contributed by atoms with Crippen LogP contribution in [0.5, 0.6) is 0 Å². The summed E-state index contributed by atoms with van der Waals surface area (Å²) in [5.41, 5.74) is 8.22. The first-order valence-electron chi connectivity index (χ1n) is 15.0. The van der Waals surface area contributed by atoms with Crippen LogP contribution in [0.3, 0.4) is 0 Å². The molecule has 0 atom stereocenters. The summed E-state index contributed by atoms with van der Waals surface area (Å²) in [7, 11) is 0. The Labute approximate surface area is 221 Å². The van der Waals surface area contributed by atoms with Gasteiger partial charge in [-0.3, -0.25) is 0 Å². The van der Waals surface area contributed by atoms with E-state index in [-0.39, 0.29) is 0 Å². The van der Waals surface area contributed by atoms with Crippen molar-refractivity contribution in [2.24, 2.45) is 11.8 Å². The summed E-state index contributed by atoms with van der Waals surface area (Å²) in [6.45, 7) is 4.61. The number of aryl methyl sites for hydroxylation is 2. The maximum atomic E-state index is 2.35. The average Bonchev–Trinajstić information content (AvgIpc) is 2.93. The third-order valence-electron chi connectivity index (χ3n) is 8.53. The monoisotopic (exact) mass is 480 g/mol. The molecular weight excluding hydrogens is 432 g/mol. The molecule has 0 nitrogen and oxygen atoms in total. The number of rotatable bonds is 13. The fourth-order valence-corrected chi connectivity index (χ4v) is 6.10. The lowest BCUT2D eigenvalue weighted by Gasteiger charge is -2.28. The summed E-state index contributed by atoms with van der Waals surface area (Å²) in [4.78, 5) is 0. The number of hydrogen-bond acceptors (Lipinski definition) is 0. The Morgan fingerprint density at radius 1 is 0.444 bits per heavy atom. The van der Waals surface area contributed by atoms with Crippen LogP contribution in [0.15, 0.2) is 72.8 Å². The number of benzene rings is 3. The SMILES string of the molecule is CCCCCCCc1ccc(-c2ccc(-c3ccc(CCC4CCC(CCC)CC4)cc3)cc2)cc1. The summed E-state index contributed by atoms with van der Waals surface area (Å²) in [6.07, 6.45) is 19.2. The van der Waals surface area contributed by atoms with Gasteiger partial charge < -0.3 is 0 Å². The van der Waals surface area contributed by atoms with E-state index in [1.165, 1.54) is 123 Å². The van der Waals surface area contributed by atoms with Crippen molar-refractivity contribution in [2.75, 3.05) is 0 Å². The van der Waals surface area contributed by atoms with E-state index in [9.17, 15) is 0 Å². The van der Waals surface area contributed by atoms with Crippen molar-refractivity contribution in [3.8, 4) is 22.3 Å². The van der Waals surface area contributed by atoms with Crippen LogP contribution < -0.4 is 0 Å². The molecule has 1 aliphatic carbocycles. The van der Waals surface area contributed by atoms with E-state index in [0.717, 1.165) is 11.8 Å². The first-order chi connectivity index (χ1) is 17.7. The van der Waals surface area contributed by atoms with Gasteiger partial charge in [-0.05, 0) is 70.9 Å². The van der Waals surface area contributed by atoms with E-state index < -0.39 is 0 Å². The molecule has 0 aliphatic heterocycles. The molecule has 1 fully saturated rings. The minimum atomic E-state index is 0.949. The van der Waals surface area contributed by atoms with E-state index in [4.69, 9.17) is 0 Å². The lowest BCUT2D eigenvalue weighted by molar-refractivity contribution is 0.252. The quantitative estimate of drug-likeness (QED) is 0.213. The first kappa shape index (κ1) is 26.7. The van der Waals surface area contributed by atoms with Gasteiger partial charge in [-0.15, -0.1) is 0 Å².